The molecule has 0 aromatic rings. The molecule has 0 aromatic carbocycles. The molecule has 0 aliphatic carbocycles. The molecule has 0 spiro atoms. The van der Waals surface area contributed by atoms with Crippen LogP contribution in [0.3, 0.4) is 0 Å². The van der Waals surface area contributed by atoms with Gasteiger partial charge in [-0.15, -0.1) is 0 Å². The molecule has 1 heterocycles. The van der Waals surface area contributed by atoms with Gasteiger partial charge < -0.3 is 14.8 Å². The first-order valence-corrected chi connectivity index (χ1v) is 6.20. The third-order valence-corrected chi connectivity index (χ3v) is 3.07. The largest absolute Gasteiger partial charge is 0.377 e. The second-order valence-electron chi connectivity index (χ2n) is 4.38. The first-order chi connectivity index (χ1) is 7.24. The standard InChI is InChI=1S/C12H25NO2/c1-4-10(2)14-9-7-13-11(3)12-6-5-8-15-12/h10-13H,4-9H2,1-3H3. The van der Waals surface area contributed by atoms with E-state index in [1.54, 1.807) is 0 Å². The molecule has 1 saturated heterocycles. The highest BCUT2D eigenvalue weighted by molar-refractivity contribution is 4.76. The minimum Gasteiger partial charge on any atom is -0.377 e. The Morgan fingerprint density at radius 3 is 2.87 bits per heavy atom. The Balaban J connectivity index is 1.99. The van der Waals surface area contributed by atoms with Gasteiger partial charge in [-0.1, -0.05) is 6.92 Å². The van der Waals surface area contributed by atoms with Crippen molar-refractivity contribution in [2.45, 2.75) is 58.3 Å². The number of rotatable bonds is 7. The molecule has 1 rings (SSSR count). The smallest absolute Gasteiger partial charge is 0.0726 e. The number of hydrogen-bond acceptors (Lipinski definition) is 3. The first-order valence-electron chi connectivity index (χ1n) is 6.20. The summed E-state index contributed by atoms with van der Waals surface area (Å²) in [6.07, 6.45) is 4.28. The molecule has 90 valence electrons. The summed E-state index contributed by atoms with van der Waals surface area (Å²) in [5, 5.41) is 3.45. The van der Waals surface area contributed by atoms with Gasteiger partial charge in [0.15, 0.2) is 0 Å². The molecule has 1 fully saturated rings. The summed E-state index contributed by atoms with van der Waals surface area (Å²) in [6, 6.07) is 0.452. The van der Waals surface area contributed by atoms with Crippen LogP contribution in [0.2, 0.25) is 0 Å². The van der Waals surface area contributed by atoms with Crippen molar-refractivity contribution in [1.82, 2.24) is 5.32 Å². The van der Waals surface area contributed by atoms with E-state index in [9.17, 15) is 0 Å². The zero-order valence-electron chi connectivity index (χ0n) is 10.3. The molecule has 0 radical (unpaired) electrons. The highest BCUT2D eigenvalue weighted by atomic mass is 16.5. The molecule has 0 amide bonds. The molecule has 3 nitrogen and oxygen atoms in total. The van der Waals surface area contributed by atoms with Gasteiger partial charge in [0.25, 0.3) is 0 Å². The van der Waals surface area contributed by atoms with Gasteiger partial charge in [0.2, 0.25) is 0 Å². The Morgan fingerprint density at radius 1 is 1.47 bits per heavy atom. The second-order valence-corrected chi connectivity index (χ2v) is 4.38. The van der Waals surface area contributed by atoms with Crippen LogP contribution in [0.5, 0.6) is 0 Å². The molecule has 0 saturated carbocycles. The molecule has 1 N–H and O–H groups in total. The van der Waals surface area contributed by atoms with Gasteiger partial charge in [0.05, 0.1) is 18.8 Å². The SMILES string of the molecule is CCC(C)OCCNC(C)C1CCCO1. The maximum absolute atomic E-state index is 5.61. The van der Waals surface area contributed by atoms with Gasteiger partial charge in [0, 0.05) is 19.2 Å². The van der Waals surface area contributed by atoms with Crippen LogP contribution in [0.25, 0.3) is 0 Å². The lowest BCUT2D eigenvalue weighted by Gasteiger charge is -2.20. The Bertz CT molecular complexity index is 158. The molecule has 0 bridgehead atoms. The Labute approximate surface area is 93.5 Å². The van der Waals surface area contributed by atoms with Gasteiger partial charge in [-0.2, -0.15) is 0 Å². The maximum atomic E-state index is 5.61. The predicted octanol–water partition coefficient (Wildman–Crippen LogP) is 1.96. The van der Waals surface area contributed by atoms with Gasteiger partial charge in [-0.05, 0) is 33.1 Å². The third-order valence-electron chi connectivity index (χ3n) is 3.07. The van der Waals surface area contributed by atoms with Crippen molar-refractivity contribution in [3.05, 3.63) is 0 Å². The first kappa shape index (κ1) is 12.9. The topological polar surface area (TPSA) is 30.5 Å². The fraction of sp³-hybridized carbons (Fsp3) is 1.00. The molecule has 15 heavy (non-hydrogen) atoms. The molecule has 3 heteroatoms. The normalized spacial score (nSPS) is 25.4. The van der Waals surface area contributed by atoms with E-state index >= 15 is 0 Å². The van der Waals surface area contributed by atoms with Crippen molar-refractivity contribution in [3.8, 4) is 0 Å². The summed E-state index contributed by atoms with van der Waals surface area (Å²) >= 11 is 0. The fourth-order valence-corrected chi connectivity index (χ4v) is 1.79. The summed E-state index contributed by atoms with van der Waals surface area (Å²) in [4.78, 5) is 0. The van der Waals surface area contributed by atoms with E-state index in [0.717, 1.165) is 26.2 Å². The van der Waals surface area contributed by atoms with Crippen LogP contribution in [-0.4, -0.2) is 38.0 Å². The monoisotopic (exact) mass is 215 g/mol. The highest BCUT2D eigenvalue weighted by Gasteiger charge is 2.21. The molecular formula is C12H25NO2. The summed E-state index contributed by atoms with van der Waals surface area (Å²) in [6.45, 7) is 9.10. The Kier molecular flexibility index (Phi) is 6.22. The molecule has 0 aromatic heterocycles. The van der Waals surface area contributed by atoms with Gasteiger partial charge in [-0.25, -0.2) is 0 Å². The number of hydrogen-bond donors (Lipinski definition) is 1. The lowest BCUT2D eigenvalue weighted by molar-refractivity contribution is 0.0537. The van der Waals surface area contributed by atoms with Crippen molar-refractivity contribution < 1.29 is 9.47 Å². The van der Waals surface area contributed by atoms with Crippen molar-refractivity contribution >= 4 is 0 Å². The zero-order valence-corrected chi connectivity index (χ0v) is 10.3. The van der Waals surface area contributed by atoms with E-state index in [2.05, 4.69) is 26.1 Å². The van der Waals surface area contributed by atoms with E-state index < -0.39 is 0 Å². The predicted molar refractivity (Wildman–Crippen MR) is 62.1 cm³/mol. The summed E-state index contributed by atoms with van der Waals surface area (Å²) in [7, 11) is 0. The molecule has 1 aliphatic rings. The van der Waals surface area contributed by atoms with Crippen molar-refractivity contribution in [2.24, 2.45) is 0 Å². The Hall–Kier alpha value is -0.120. The van der Waals surface area contributed by atoms with Crippen LogP contribution in [0.15, 0.2) is 0 Å². The van der Waals surface area contributed by atoms with E-state index in [0.29, 0.717) is 18.2 Å². The molecular weight excluding hydrogens is 190 g/mol. The summed E-state index contributed by atoms with van der Waals surface area (Å²) in [5.74, 6) is 0. The second kappa shape index (κ2) is 7.20. The van der Waals surface area contributed by atoms with Crippen molar-refractivity contribution in [3.63, 3.8) is 0 Å². The maximum Gasteiger partial charge on any atom is 0.0726 e. The lowest BCUT2D eigenvalue weighted by atomic mass is 10.1. The summed E-state index contributed by atoms with van der Waals surface area (Å²) < 4.78 is 11.2. The summed E-state index contributed by atoms with van der Waals surface area (Å²) in [5.41, 5.74) is 0. The van der Waals surface area contributed by atoms with E-state index in [1.807, 2.05) is 0 Å². The number of nitrogens with one attached hydrogen (secondary N) is 1. The number of ether oxygens (including phenoxy) is 2. The minimum absolute atomic E-state index is 0.379. The van der Waals surface area contributed by atoms with Crippen LogP contribution in [0.4, 0.5) is 0 Å². The van der Waals surface area contributed by atoms with E-state index in [-0.39, 0.29) is 0 Å². The van der Waals surface area contributed by atoms with Crippen LogP contribution in [0.1, 0.15) is 40.0 Å². The fourth-order valence-electron chi connectivity index (χ4n) is 1.79. The van der Waals surface area contributed by atoms with Crippen LogP contribution in [-0.2, 0) is 9.47 Å². The third kappa shape index (κ3) is 4.96. The molecule has 3 atom stereocenters. The van der Waals surface area contributed by atoms with Crippen LogP contribution in [0, 0.1) is 0 Å². The van der Waals surface area contributed by atoms with Gasteiger partial charge in [0.1, 0.15) is 0 Å². The van der Waals surface area contributed by atoms with Crippen LogP contribution < -0.4 is 5.32 Å². The van der Waals surface area contributed by atoms with Gasteiger partial charge >= 0.3 is 0 Å². The van der Waals surface area contributed by atoms with Crippen molar-refractivity contribution in [1.29, 1.82) is 0 Å². The highest BCUT2D eigenvalue weighted by Crippen LogP contribution is 2.15. The minimum atomic E-state index is 0.379. The lowest BCUT2D eigenvalue weighted by Crippen LogP contribution is -2.39. The van der Waals surface area contributed by atoms with E-state index in [4.69, 9.17) is 9.47 Å². The quantitative estimate of drug-likeness (QED) is 0.659. The molecule has 1 aliphatic heterocycles. The van der Waals surface area contributed by atoms with Crippen molar-refractivity contribution in [2.75, 3.05) is 19.8 Å². The Morgan fingerprint density at radius 2 is 2.27 bits per heavy atom. The van der Waals surface area contributed by atoms with Crippen LogP contribution >= 0.6 is 0 Å². The van der Waals surface area contributed by atoms with Gasteiger partial charge in [-0.3, -0.25) is 0 Å². The zero-order chi connectivity index (χ0) is 11.1. The average Bonchev–Trinajstić information content (AvgIpc) is 2.77. The molecule has 3 unspecified atom stereocenters. The van der Waals surface area contributed by atoms with E-state index in [1.165, 1.54) is 12.8 Å². The average molecular weight is 215 g/mol.